The molecule has 1 heterocycles. The summed E-state index contributed by atoms with van der Waals surface area (Å²) in [7, 11) is 1.66. The Hall–Kier alpha value is -0.610. The highest BCUT2D eigenvalue weighted by molar-refractivity contribution is 5.82. The third-order valence-corrected chi connectivity index (χ3v) is 4.97. The van der Waals surface area contributed by atoms with Crippen LogP contribution in [0.4, 0.5) is 0 Å². The van der Waals surface area contributed by atoms with Gasteiger partial charge in [-0.1, -0.05) is 12.8 Å². The van der Waals surface area contributed by atoms with E-state index in [1.807, 2.05) is 0 Å². The molecule has 0 aromatic rings. The standard InChI is InChI=1S/C14H24N2O2/c1-18-7-6-15-14(17)13-11-8-16(9-12(11)13)10-4-2-3-5-10/h10-13H,2-9H2,1H3,(H,15,17)/t11-,12+,13?. The van der Waals surface area contributed by atoms with Gasteiger partial charge in [-0.2, -0.15) is 0 Å². The maximum atomic E-state index is 11.9. The Labute approximate surface area is 109 Å². The Bertz CT molecular complexity index is 303. The first kappa shape index (κ1) is 12.4. The fourth-order valence-electron chi connectivity index (χ4n) is 3.91. The van der Waals surface area contributed by atoms with Crippen molar-refractivity contribution in [3.05, 3.63) is 0 Å². The van der Waals surface area contributed by atoms with Gasteiger partial charge < -0.3 is 10.1 Å². The number of amides is 1. The van der Waals surface area contributed by atoms with Gasteiger partial charge in [-0.3, -0.25) is 9.69 Å². The highest BCUT2D eigenvalue weighted by atomic mass is 16.5. The van der Waals surface area contributed by atoms with Crippen molar-refractivity contribution in [1.29, 1.82) is 0 Å². The van der Waals surface area contributed by atoms with Crippen molar-refractivity contribution in [2.45, 2.75) is 31.7 Å². The van der Waals surface area contributed by atoms with Gasteiger partial charge in [0.25, 0.3) is 0 Å². The molecule has 1 N–H and O–H groups in total. The second kappa shape index (κ2) is 5.17. The zero-order chi connectivity index (χ0) is 12.5. The predicted molar refractivity (Wildman–Crippen MR) is 69.2 cm³/mol. The topological polar surface area (TPSA) is 41.6 Å². The molecule has 3 aliphatic rings. The fourth-order valence-corrected chi connectivity index (χ4v) is 3.91. The molecule has 3 fully saturated rings. The molecule has 0 bridgehead atoms. The molecule has 4 heteroatoms. The summed E-state index contributed by atoms with van der Waals surface area (Å²) in [5.41, 5.74) is 0. The van der Waals surface area contributed by atoms with Crippen LogP contribution in [0.25, 0.3) is 0 Å². The molecular weight excluding hydrogens is 228 g/mol. The summed E-state index contributed by atoms with van der Waals surface area (Å²) in [6.45, 7) is 3.59. The Morgan fingerprint density at radius 2 is 1.94 bits per heavy atom. The second-order valence-corrected chi connectivity index (χ2v) is 6.03. The van der Waals surface area contributed by atoms with Crippen molar-refractivity contribution >= 4 is 5.91 Å². The lowest BCUT2D eigenvalue weighted by atomic mass is 10.2. The molecule has 1 saturated heterocycles. The average molecular weight is 252 g/mol. The molecule has 0 aromatic carbocycles. The van der Waals surface area contributed by atoms with Crippen LogP contribution >= 0.6 is 0 Å². The zero-order valence-corrected chi connectivity index (χ0v) is 11.2. The van der Waals surface area contributed by atoms with Crippen LogP contribution < -0.4 is 5.32 Å². The third-order valence-electron chi connectivity index (χ3n) is 4.97. The lowest BCUT2D eigenvalue weighted by molar-refractivity contribution is -0.123. The number of nitrogens with one attached hydrogen (secondary N) is 1. The van der Waals surface area contributed by atoms with E-state index in [2.05, 4.69) is 10.2 Å². The number of fused-ring (bicyclic) bond motifs is 1. The number of hydrogen-bond donors (Lipinski definition) is 1. The molecule has 3 atom stereocenters. The van der Waals surface area contributed by atoms with Crippen LogP contribution in [0.3, 0.4) is 0 Å². The minimum absolute atomic E-state index is 0.258. The van der Waals surface area contributed by atoms with Crippen molar-refractivity contribution < 1.29 is 9.53 Å². The second-order valence-electron chi connectivity index (χ2n) is 6.03. The molecule has 102 valence electrons. The number of carbonyl (C=O) groups excluding carboxylic acids is 1. The summed E-state index contributed by atoms with van der Waals surface area (Å²) in [5, 5.41) is 2.98. The largest absolute Gasteiger partial charge is 0.383 e. The lowest BCUT2D eigenvalue weighted by Gasteiger charge is -2.26. The molecule has 0 radical (unpaired) electrons. The molecule has 1 aliphatic heterocycles. The summed E-state index contributed by atoms with van der Waals surface area (Å²) < 4.78 is 4.95. The van der Waals surface area contributed by atoms with Crippen molar-refractivity contribution in [2.75, 3.05) is 33.4 Å². The first-order valence-electron chi connectivity index (χ1n) is 7.32. The number of piperidine rings is 1. The number of hydrogen-bond acceptors (Lipinski definition) is 3. The van der Waals surface area contributed by atoms with Crippen LogP contribution in [-0.4, -0.2) is 50.2 Å². The fraction of sp³-hybridized carbons (Fsp3) is 0.929. The van der Waals surface area contributed by atoms with Crippen molar-refractivity contribution in [3.8, 4) is 0 Å². The highest BCUT2D eigenvalue weighted by Gasteiger charge is 2.59. The van der Waals surface area contributed by atoms with Crippen LogP contribution in [0.2, 0.25) is 0 Å². The maximum absolute atomic E-state index is 11.9. The van der Waals surface area contributed by atoms with E-state index in [-0.39, 0.29) is 5.91 Å². The molecule has 1 amide bonds. The summed E-state index contributed by atoms with van der Waals surface area (Å²) in [4.78, 5) is 14.6. The lowest BCUT2D eigenvalue weighted by Crippen LogP contribution is -2.37. The number of likely N-dealkylation sites (tertiary alicyclic amines) is 1. The molecule has 1 unspecified atom stereocenters. The van der Waals surface area contributed by atoms with Gasteiger partial charge in [0.1, 0.15) is 0 Å². The van der Waals surface area contributed by atoms with E-state index in [0.29, 0.717) is 30.9 Å². The normalized spacial score (nSPS) is 35.7. The van der Waals surface area contributed by atoms with E-state index in [4.69, 9.17) is 4.74 Å². The summed E-state index contributed by atoms with van der Waals surface area (Å²) in [6, 6.07) is 0.829. The van der Waals surface area contributed by atoms with Gasteiger partial charge >= 0.3 is 0 Å². The van der Waals surface area contributed by atoms with Crippen LogP contribution in [-0.2, 0) is 9.53 Å². The van der Waals surface area contributed by atoms with E-state index in [1.54, 1.807) is 7.11 Å². The molecule has 18 heavy (non-hydrogen) atoms. The quantitative estimate of drug-likeness (QED) is 0.738. The van der Waals surface area contributed by atoms with Crippen LogP contribution in [0.1, 0.15) is 25.7 Å². The first-order chi connectivity index (χ1) is 8.81. The number of carbonyl (C=O) groups is 1. The van der Waals surface area contributed by atoms with E-state index >= 15 is 0 Å². The number of rotatable bonds is 5. The van der Waals surface area contributed by atoms with Gasteiger partial charge in [-0.05, 0) is 24.7 Å². The zero-order valence-electron chi connectivity index (χ0n) is 11.2. The summed E-state index contributed by atoms with van der Waals surface area (Å²) in [5.74, 6) is 1.86. The average Bonchev–Trinajstić information content (AvgIpc) is 2.80. The Kier molecular flexibility index (Phi) is 3.57. The SMILES string of the molecule is COCCNC(=O)C1[C@H]2CN(C3CCCC3)C[C@@H]12. The monoisotopic (exact) mass is 252 g/mol. The van der Waals surface area contributed by atoms with Gasteiger partial charge in [0.15, 0.2) is 0 Å². The Balaban J connectivity index is 1.41. The van der Waals surface area contributed by atoms with Crippen LogP contribution in [0, 0.1) is 17.8 Å². The van der Waals surface area contributed by atoms with Crippen LogP contribution in [0.15, 0.2) is 0 Å². The van der Waals surface area contributed by atoms with Crippen LogP contribution in [0.5, 0.6) is 0 Å². The van der Waals surface area contributed by atoms with E-state index < -0.39 is 0 Å². The molecule has 3 rings (SSSR count). The smallest absolute Gasteiger partial charge is 0.223 e. The van der Waals surface area contributed by atoms with Gasteiger partial charge in [-0.15, -0.1) is 0 Å². The van der Waals surface area contributed by atoms with Gasteiger partial charge in [0.05, 0.1) is 6.61 Å². The molecule has 0 spiro atoms. The minimum Gasteiger partial charge on any atom is -0.383 e. The Morgan fingerprint density at radius 1 is 1.28 bits per heavy atom. The van der Waals surface area contributed by atoms with E-state index in [9.17, 15) is 4.79 Å². The van der Waals surface area contributed by atoms with Crippen molar-refractivity contribution in [2.24, 2.45) is 17.8 Å². The number of ether oxygens (including phenoxy) is 1. The van der Waals surface area contributed by atoms with Crippen molar-refractivity contribution in [3.63, 3.8) is 0 Å². The summed E-state index contributed by atoms with van der Waals surface area (Å²) in [6.07, 6.45) is 5.56. The summed E-state index contributed by atoms with van der Waals surface area (Å²) >= 11 is 0. The number of methoxy groups -OCH3 is 1. The first-order valence-corrected chi connectivity index (χ1v) is 7.32. The molecule has 4 nitrogen and oxygen atoms in total. The van der Waals surface area contributed by atoms with Gasteiger partial charge in [0.2, 0.25) is 5.91 Å². The van der Waals surface area contributed by atoms with Gasteiger partial charge in [0, 0.05) is 38.7 Å². The van der Waals surface area contributed by atoms with E-state index in [1.165, 1.54) is 25.7 Å². The maximum Gasteiger partial charge on any atom is 0.223 e. The molecule has 2 saturated carbocycles. The number of nitrogens with zero attached hydrogens (tertiary/aromatic N) is 1. The van der Waals surface area contributed by atoms with Gasteiger partial charge in [-0.25, -0.2) is 0 Å². The highest BCUT2D eigenvalue weighted by Crippen LogP contribution is 2.52. The third kappa shape index (κ3) is 2.28. The molecule has 2 aliphatic carbocycles. The van der Waals surface area contributed by atoms with E-state index in [0.717, 1.165) is 19.1 Å². The Morgan fingerprint density at radius 3 is 2.56 bits per heavy atom. The molecule has 0 aromatic heterocycles. The molecular formula is C14H24N2O2. The van der Waals surface area contributed by atoms with Crippen molar-refractivity contribution in [1.82, 2.24) is 10.2 Å². The minimum atomic E-state index is 0.258. The predicted octanol–water partition coefficient (Wildman–Crippen LogP) is 0.869.